The van der Waals surface area contributed by atoms with Crippen LogP contribution in [0.5, 0.6) is 0 Å². The molecule has 0 aromatic carbocycles. The fourth-order valence-electron chi connectivity index (χ4n) is 1.63. The van der Waals surface area contributed by atoms with Crippen LogP contribution in [-0.4, -0.2) is 6.04 Å². The molecule has 0 bridgehead atoms. The van der Waals surface area contributed by atoms with E-state index in [9.17, 15) is 0 Å². The Balaban J connectivity index is 0.000001000. The molecule has 1 rings (SSSR count). The van der Waals surface area contributed by atoms with Crippen LogP contribution >= 0.6 is 12.4 Å². The molecule has 1 saturated carbocycles. The lowest BCUT2D eigenvalue weighted by Gasteiger charge is -2.23. The first-order chi connectivity index (χ1) is 4.84. The molecule has 0 spiro atoms. The monoisotopic (exact) mass is 173 g/mol. The van der Waals surface area contributed by atoms with Crippen molar-refractivity contribution in [1.82, 2.24) is 0 Å². The van der Waals surface area contributed by atoms with E-state index in [1.807, 2.05) is 0 Å². The Kier molecular flexibility index (Phi) is 5.36. The highest BCUT2D eigenvalue weighted by molar-refractivity contribution is 5.85. The molecule has 2 N–H and O–H groups in total. The van der Waals surface area contributed by atoms with E-state index in [4.69, 9.17) is 12.2 Å². The molecule has 1 aliphatic carbocycles. The summed E-state index contributed by atoms with van der Waals surface area (Å²) < 4.78 is 0. The maximum absolute atomic E-state index is 5.71. The van der Waals surface area contributed by atoms with E-state index in [0.29, 0.717) is 5.92 Å². The fraction of sp³-hybridized carbons (Fsp3) is 0.778. The zero-order valence-corrected chi connectivity index (χ0v) is 7.57. The standard InChI is InChI=1S/C9H15N.ClH/c1-2-9(10)8-6-4-3-5-7-8;/h1,8-9H,3-7,10H2;1H/t9-;/m1./s1. The predicted molar refractivity (Wildman–Crippen MR) is 50.6 cm³/mol. The van der Waals surface area contributed by atoms with Crippen molar-refractivity contribution in [2.45, 2.75) is 38.1 Å². The van der Waals surface area contributed by atoms with Crippen molar-refractivity contribution in [3.05, 3.63) is 0 Å². The third-order valence-electron chi connectivity index (χ3n) is 2.35. The molecule has 0 saturated heterocycles. The average Bonchev–Trinajstić information content (AvgIpc) is 2.05. The number of hydrogen-bond donors (Lipinski definition) is 1. The van der Waals surface area contributed by atoms with Crippen molar-refractivity contribution in [3.8, 4) is 12.3 Å². The smallest absolute Gasteiger partial charge is 0.0690 e. The van der Waals surface area contributed by atoms with Gasteiger partial charge in [0.25, 0.3) is 0 Å². The van der Waals surface area contributed by atoms with E-state index in [1.54, 1.807) is 0 Å². The molecule has 1 nitrogen and oxygen atoms in total. The van der Waals surface area contributed by atoms with E-state index >= 15 is 0 Å². The van der Waals surface area contributed by atoms with Gasteiger partial charge in [0.2, 0.25) is 0 Å². The highest BCUT2D eigenvalue weighted by atomic mass is 35.5. The molecule has 0 aromatic rings. The maximum Gasteiger partial charge on any atom is 0.0690 e. The number of halogens is 1. The fourth-order valence-corrected chi connectivity index (χ4v) is 1.63. The quantitative estimate of drug-likeness (QED) is 0.603. The predicted octanol–water partition coefficient (Wildman–Crippen LogP) is 1.95. The molecule has 1 atom stereocenters. The van der Waals surface area contributed by atoms with Crippen molar-refractivity contribution < 1.29 is 0 Å². The molecular weight excluding hydrogens is 158 g/mol. The van der Waals surface area contributed by atoms with Crippen molar-refractivity contribution in [2.75, 3.05) is 0 Å². The van der Waals surface area contributed by atoms with E-state index in [0.717, 1.165) is 0 Å². The Labute approximate surface area is 75.1 Å². The zero-order valence-electron chi connectivity index (χ0n) is 6.75. The van der Waals surface area contributed by atoms with Gasteiger partial charge in [-0.2, -0.15) is 0 Å². The Bertz CT molecular complexity index is 133. The normalized spacial score (nSPS) is 21.5. The lowest BCUT2D eigenvalue weighted by atomic mass is 9.85. The summed E-state index contributed by atoms with van der Waals surface area (Å²) in [6.07, 6.45) is 11.7. The van der Waals surface area contributed by atoms with Gasteiger partial charge in [0.15, 0.2) is 0 Å². The van der Waals surface area contributed by atoms with Gasteiger partial charge in [-0.1, -0.05) is 25.2 Å². The highest BCUT2D eigenvalue weighted by Gasteiger charge is 2.17. The minimum Gasteiger partial charge on any atom is -0.317 e. The topological polar surface area (TPSA) is 26.0 Å². The van der Waals surface area contributed by atoms with E-state index in [-0.39, 0.29) is 18.4 Å². The first-order valence-corrected chi connectivity index (χ1v) is 4.06. The second-order valence-electron chi connectivity index (χ2n) is 3.09. The summed E-state index contributed by atoms with van der Waals surface area (Å²) >= 11 is 0. The molecule has 0 aliphatic heterocycles. The van der Waals surface area contributed by atoms with Crippen LogP contribution in [-0.2, 0) is 0 Å². The molecule has 2 heteroatoms. The third-order valence-corrected chi connectivity index (χ3v) is 2.35. The van der Waals surface area contributed by atoms with Gasteiger partial charge >= 0.3 is 0 Å². The molecule has 1 fully saturated rings. The molecule has 0 heterocycles. The average molecular weight is 174 g/mol. The van der Waals surface area contributed by atoms with Crippen LogP contribution in [0, 0.1) is 18.3 Å². The lowest BCUT2D eigenvalue weighted by Crippen LogP contribution is -2.29. The van der Waals surface area contributed by atoms with Crippen LogP contribution in [0.15, 0.2) is 0 Å². The minimum atomic E-state index is 0. The second-order valence-corrected chi connectivity index (χ2v) is 3.09. The van der Waals surface area contributed by atoms with Crippen molar-refractivity contribution in [2.24, 2.45) is 11.7 Å². The van der Waals surface area contributed by atoms with Gasteiger partial charge in [-0.15, -0.1) is 18.8 Å². The minimum absolute atomic E-state index is 0. The van der Waals surface area contributed by atoms with Crippen LogP contribution in [0.4, 0.5) is 0 Å². The summed E-state index contributed by atoms with van der Waals surface area (Å²) in [4.78, 5) is 0. The van der Waals surface area contributed by atoms with Gasteiger partial charge in [-0.3, -0.25) is 0 Å². The molecule has 0 unspecified atom stereocenters. The number of rotatable bonds is 1. The zero-order chi connectivity index (χ0) is 7.40. The van der Waals surface area contributed by atoms with Crippen LogP contribution in [0.1, 0.15) is 32.1 Å². The number of terminal acetylenes is 1. The molecule has 11 heavy (non-hydrogen) atoms. The van der Waals surface area contributed by atoms with Gasteiger partial charge in [0.1, 0.15) is 0 Å². The first-order valence-electron chi connectivity index (χ1n) is 4.06. The SMILES string of the molecule is C#C[C@@H](N)C1CCCCC1.Cl. The molecule has 64 valence electrons. The van der Waals surface area contributed by atoms with Gasteiger partial charge in [-0.05, 0) is 18.8 Å². The summed E-state index contributed by atoms with van der Waals surface area (Å²) in [6, 6.07) is 0.0142. The molecule has 1 aliphatic rings. The first kappa shape index (κ1) is 10.8. The Morgan fingerprint density at radius 1 is 1.27 bits per heavy atom. The molecule has 0 aromatic heterocycles. The third kappa shape index (κ3) is 3.14. The summed E-state index contributed by atoms with van der Waals surface area (Å²) in [6.45, 7) is 0. The summed E-state index contributed by atoms with van der Waals surface area (Å²) in [5, 5.41) is 0. The summed E-state index contributed by atoms with van der Waals surface area (Å²) in [5.74, 6) is 3.22. The second kappa shape index (κ2) is 5.46. The van der Waals surface area contributed by atoms with Crippen molar-refractivity contribution in [3.63, 3.8) is 0 Å². The maximum atomic E-state index is 5.71. The van der Waals surface area contributed by atoms with Crippen molar-refractivity contribution in [1.29, 1.82) is 0 Å². The molecule has 0 amide bonds. The van der Waals surface area contributed by atoms with E-state index in [1.165, 1.54) is 32.1 Å². The van der Waals surface area contributed by atoms with Crippen LogP contribution in [0.2, 0.25) is 0 Å². The lowest BCUT2D eigenvalue weighted by molar-refractivity contribution is 0.337. The Morgan fingerprint density at radius 3 is 2.27 bits per heavy atom. The van der Waals surface area contributed by atoms with Gasteiger partial charge in [0, 0.05) is 0 Å². The molecular formula is C9H16ClN. The van der Waals surface area contributed by atoms with Gasteiger partial charge < -0.3 is 5.73 Å². The van der Waals surface area contributed by atoms with Crippen LogP contribution in [0.3, 0.4) is 0 Å². The van der Waals surface area contributed by atoms with E-state index in [2.05, 4.69) is 5.92 Å². The Morgan fingerprint density at radius 2 is 1.82 bits per heavy atom. The summed E-state index contributed by atoms with van der Waals surface area (Å²) in [7, 11) is 0. The van der Waals surface area contributed by atoms with Gasteiger partial charge in [0.05, 0.1) is 6.04 Å². The largest absolute Gasteiger partial charge is 0.317 e. The highest BCUT2D eigenvalue weighted by Crippen LogP contribution is 2.25. The van der Waals surface area contributed by atoms with Crippen LogP contribution < -0.4 is 5.73 Å². The van der Waals surface area contributed by atoms with E-state index < -0.39 is 0 Å². The Hall–Kier alpha value is -0.190. The number of hydrogen-bond acceptors (Lipinski definition) is 1. The van der Waals surface area contributed by atoms with Gasteiger partial charge in [-0.25, -0.2) is 0 Å². The van der Waals surface area contributed by atoms with Crippen molar-refractivity contribution >= 4 is 12.4 Å². The summed E-state index contributed by atoms with van der Waals surface area (Å²) in [5.41, 5.74) is 5.71. The van der Waals surface area contributed by atoms with Crippen LogP contribution in [0.25, 0.3) is 0 Å². The number of nitrogens with two attached hydrogens (primary N) is 1. The molecule has 0 radical (unpaired) electrons.